The van der Waals surface area contributed by atoms with Crippen molar-refractivity contribution in [3.8, 4) is 0 Å². The lowest BCUT2D eigenvalue weighted by atomic mass is 9.87. The zero-order chi connectivity index (χ0) is 17.2. The first-order valence-corrected chi connectivity index (χ1v) is 8.50. The van der Waals surface area contributed by atoms with Crippen LogP contribution in [0.15, 0.2) is 0 Å². The molecule has 2 atom stereocenters. The van der Waals surface area contributed by atoms with Crippen LogP contribution in [0.25, 0.3) is 0 Å². The second-order valence-corrected chi connectivity index (χ2v) is 7.73. The summed E-state index contributed by atoms with van der Waals surface area (Å²) in [6.07, 6.45) is 1.36. The fourth-order valence-electron chi connectivity index (χ4n) is 3.38. The topological polar surface area (TPSA) is 59.1 Å². The van der Waals surface area contributed by atoms with Gasteiger partial charge in [-0.05, 0) is 40.5 Å². The van der Waals surface area contributed by atoms with Crippen molar-refractivity contribution < 1.29 is 19.1 Å². The van der Waals surface area contributed by atoms with Gasteiger partial charge < -0.3 is 19.3 Å². The number of nitrogens with zero attached hydrogens (tertiary/aromatic N) is 2. The lowest BCUT2D eigenvalue weighted by Crippen LogP contribution is -2.58. The molecule has 0 aromatic carbocycles. The lowest BCUT2D eigenvalue weighted by Gasteiger charge is -2.45. The molecule has 0 aromatic heterocycles. The van der Waals surface area contributed by atoms with Gasteiger partial charge in [0, 0.05) is 38.7 Å². The Morgan fingerprint density at radius 3 is 2.43 bits per heavy atom. The summed E-state index contributed by atoms with van der Waals surface area (Å²) in [4.78, 5) is 28.6. The van der Waals surface area contributed by atoms with Gasteiger partial charge >= 0.3 is 6.09 Å². The SMILES string of the molecule is COCC1CN(C(=O)[C@@H]2CCCN(C(=O)OC(C)(C)C)[C@@H]2C)C1. The van der Waals surface area contributed by atoms with Crippen molar-refractivity contribution in [2.24, 2.45) is 11.8 Å². The Bertz CT molecular complexity index is 440. The standard InChI is InChI=1S/C17H30N2O4/c1-12-14(15(20)18-9-13(10-18)11-22-5)7-6-8-19(12)16(21)23-17(2,3)4/h12-14H,6-11H2,1-5H3/t12-,14-/m1/s1. The maximum absolute atomic E-state index is 12.7. The van der Waals surface area contributed by atoms with Gasteiger partial charge in [0.25, 0.3) is 0 Å². The molecule has 2 aliphatic heterocycles. The normalized spacial score (nSPS) is 26.0. The molecule has 6 nitrogen and oxygen atoms in total. The first kappa shape index (κ1) is 18.0. The van der Waals surface area contributed by atoms with Crippen LogP contribution in [0.2, 0.25) is 0 Å². The van der Waals surface area contributed by atoms with Gasteiger partial charge in [-0.1, -0.05) is 0 Å². The van der Waals surface area contributed by atoms with Crippen LogP contribution in [0.3, 0.4) is 0 Å². The van der Waals surface area contributed by atoms with E-state index in [1.165, 1.54) is 0 Å². The average Bonchev–Trinajstić information content (AvgIpc) is 2.40. The monoisotopic (exact) mass is 326 g/mol. The molecule has 2 heterocycles. The predicted octanol–water partition coefficient (Wildman–Crippen LogP) is 2.13. The molecule has 2 amide bonds. The Morgan fingerprint density at radius 1 is 1.22 bits per heavy atom. The van der Waals surface area contributed by atoms with Crippen molar-refractivity contribution in [3.05, 3.63) is 0 Å². The van der Waals surface area contributed by atoms with Crippen LogP contribution < -0.4 is 0 Å². The zero-order valence-corrected chi connectivity index (χ0v) is 15.0. The zero-order valence-electron chi connectivity index (χ0n) is 15.0. The number of hydrogen-bond acceptors (Lipinski definition) is 4. The van der Waals surface area contributed by atoms with E-state index in [2.05, 4.69) is 0 Å². The fraction of sp³-hybridized carbons (Fsp3) is 0.882. The van der Waals surface area contributed by atoms with E-state index in [1.807, 2.05) is 32.6 Å². The van der Waals surface area contributed by atoms with Crippen LogP contribution in [0, 0.1) is 11.8 Å². The summed E-state index contributed by atoms with van der Waals surface area (Å²) >= 11 is 0. The second kappa shape index (κ2) is 7.07. The van der Waals surface area contributed by atoms with Crippen molar-refractivity contribution >= 4 is 12.0 Å². The summed E-state index contributed by atoms with van der Waals surface area (Å²) in [5.74, 6) is 0.489. The van der Waals surface area contributed by atoms with Crippen LogP contribution >= 0.6 is 0 Å². The summed E-state index contributed by atoms with van der Waals surface area (Å²) in [7, 11) is 1.69. The second-order valence-electron chi connectivity index (χ2n) is 7.73. The molecule has 6 heteroatoms. The van der Waals surface area contributed by atoms with E-state index < -0.39 is 5.60 Å². The maximum atomic E-state index is 12.7. The van der Waals surface area contributed by atoms with Gasteiger partial charge in [0.1, 0.15) is 5.60 Å². The van der Waals surface area contributed by atoms with Gasteiger partial charge in [-0.3, -0.25) is 4.79 Å². The first-order chi connectivity index (χ1) is 10.7. The van der Waals surface area contributed by atoms with Crippen LogP contribution in [0.4, 0.5) is 4.79 Å². The van der Waals surface area contributed by atoms with Crippen molar-refractivity contribution in [1.29, 1.82) is 0 Å². The van der Waals surface area contributed by atoms with E-state index in [0.717, 1.165) is 25.9 Å². The lowest BCUT2D eigenvalue weighted by molar-refractivity contribution is -0.146. The summed E-state index contributed by atoms with van der Waals surface area (Å²) in [6, 6.07) is -0.118. The highest BCUT2D eigenvalue weighted by Crippen LogP contribution is 2.29. The number of ether oxygens (including phenoxy) is 2. The average molecular weight is 326 g/mol. The molecular weight excluding hydrogens is 296 g/mol. The minimum Gasteiger partial charge on any atom is -0.444 e. The molecule has 0 aliphatic carbocycles. The minimum atomic E-state index is -0.515. The number of likely N-dealkylation sites (tertiary alicyclic amines) is 2. The van der Waals surface area contributed by atoms with Crippen LogP contribution in [0.5, 0.6) is 0 Å². The highest BCUT2D eigenvalue weighted by molar-refractivity contribution is 5.81. The molecule has 132 valence electrons. The molecule has 0 spiro atoms. The van der Waals surface area contributed by atoms with Crippen molar-refractivity contribution in [2.45, 2.75) is 52.2 Å². The third-order valence-corrected chi connectivity index (χ3v) is 4.60. The number of methoxy groups -OCH3 is 1. The minimum absolute atomic E-state index is 0.118. The molecule has 0 N–H and O–H groups in total. The van der Waals surface area contributed by atoms with Gasteiger partial charge in [0.15, 0.2) is 0 Å². The van der Waals surface area contributed by atoms with Crippen molar-refractivity contribution in [2.75, 3.05) is 33.4 Å². The summed E-state index contributed by atoms with van der Waals surface area (Å²) in [5, 5.41) is 0. The highest BCUT2D eigenvalue weighted by atomic mass is 16.6. The van der Waals surface area contributed by atoms with E-state index >= 15 is 0 Å². The van der Waals surface area contributed by atoms with Crippen LogP contribution in [-0.2, 0) is 14.3 Å². The molecule has 0 aromatic rings. The molecule has 0 bridgehead atoms. The van der Waals surface area contributed by atoms with E-state index in [1.54, 1.807) is 12.0 Å². The van der Waals surface area contributed by atoms with Crippen LogP contribution in [0.1, 0.15) is 40.5 Å². The molecule has 0 unspecified atom stereocenters. The Morgan fingerprint density at radius 2 is 1.87 bits per heavy atom. The van der Waals surface area contributed by atoms with Crippen molar-refractivity contribution in [3.63, 3.8) is 0 Å². The molecule has 2 rings (SSSR count). The summed E-state index contributed by atoms with van der Waals surface area (Å²) < 4.78 is 10.6. The summed E-state index contributed by atoms with van der Waals surface area (Å²) in [6.45, 7) is 10.4. The highest BCUT2D eigenvalue weighted by Gasteiger charge is 2.41. The molecular formula is C17H30N2O4. The van der Waals surface area contributed by atoms with E-state index in [0.29, 0.717) is 19.1 Å². The molecule has 2 saturated heterocycles. The number of amides is 2. The van der Waals surface area contributed by atoms with E-state index in [4.69, 9.17) is 9.47 Å². The smallest absolute Gasteiger partial charge is 0.410 e. The van der Waals surface area contributed by atoms with Gasteiger partial charge in [-0.2, -0.15) is 0 Å². The van der Waals surface area contributed by atoms with Gasteiger partial charge in [0.2, 0.25) is 5.91 Å². The quantitative estimate of drug-likeness (QED) is 0.797. The van der Waals surface area contributed by atoms with E-state index in [9.17, 15) is 9.59 Å². The first-order valence-electron chi connectivity index (χ1n) is 8.50. The van der Waals surface area contributed by atoms with Gasteiger partial charge in [-0.25, -0.2) is 4.79 Å². The van der Waals surface area contributed by atoms with E-state index in [-0.39, 0.29) is 24.0 Å². The predicted molar refractivity (Wildman–Crippen MR) is 87.1 cm³/mol. The number of piperidine rings is 1. The Labute approximate surface area is 139 Å². The Kier molecular flexibility index (Phi) is 5.55. The fourth-order valence-corrected chi connectivity index (χ4v) is 3.38. The van der Waals surface area contributed by atoms with Gasteiger partial charge in [0.05, 0.1) is 12.5 Å². The number of carbonyl (C=O) groups is 2. The third-order valence-electron chi connectivity index (χ3n) is 4.60. The molecule has 0 radical (unpaired) electrons. The Balaban J connectivity index is 1.93. The van der Waals surface area contributed by atoms with Gasteiger partial charge in [-0.15, -0.1) is 0 Å². The largest absolute Gasteiger partial charge is 0.444 e. The summed E-state index contributed by atoms with van der Waals surface area (Å²) in [5.41, 5.74) is -0.515. The number of hydrogen-bond donors (Lipinski definition) is 0. The van der Waals surface area contributed by atoms with Crippen LogP contribution in [-0.4, -0.2) is 66.8 Å². The third kappa shape index (κ3) is 4.37. The number of rotatable bonds is 3. The molecule has 0 saturated carbocycles. The number of carbonyl (C=O) groups excluding carboxylic acids is 2. The molecule has 2 fully saturated rings. The van der Waals surface area contributed by atoms with Crippen molar-refractivity contribution in [1.82, 2.24) is 9.80 Å². The maximum Gasteiger partial charge on any atom is 0.410 e. The molecule has 23 heavy (non-hydrogen) atoms. The Hall–Kier alpha value is -1.30. The molecule has 2 aliphatic rings.